The number of sulfonamides is 1. The van der Waals surface area contributed by atoms with Crippen LogP contribution in [0.4, 0.5) is 5.69 Å². The molecule has 1 amide bonds. The van der Waals surface area contributed by atoms with E-state index >= 15 is 0 Å². The molecule has 0 heterocycles. The number of rotatable bonds is 9. The Morgan fingerprint density at radius 2 is 1.73 bits per heavy atom. The first kappa shape index (κ1) is 24.6. The zero-order valence-corrected chi connectivity index (χ0v) is 20.1. The molecule has 3 aromatic carbocycles. The summed E-state index contributed by atoms with van der Waals surface area (Å²) in [5, 5.41) is 3.14. The van der Waals surface area contributed by atoms with Gasteiger partial charge in [0.05, 0.1) is 31.3 Å². The molecule has 0 aliphatic heterocycles. The Balaban J connectivity index is 1.91. The molecule has 1 N–H and O–H groups in total. The molecule has 0 fully saturated rings. The van der Waals surface area contributed by atoms with Crippen LogP contribution in [0.25, 0.3) is 0 Å². The highest BCUT2D eigenvalue weighted by Crippen LogP contribution is 2.29. The maximum Gasteiger partial charge on any atom is 0.243 e. The van der Waals surface area contributed by atoms with Crippen LogP contribution in [0.3, 0.4) is 0 Å². The average Bonchev–Trinajstić information content (AvgIpc) is 2.79. The molecule has 33 heavy (non-hydrogen) atoms. The topological polar surface area (TPSA) is 84.9 Å². The summed E-state index contributed by atoms with van der Waals surface area (Å²) < 4.78 is 38.4. The number of carbonyl (C=O) groups is 1. The minimum atomic E-state index is -3.99. The lowest BCUT2D eigenvalue weighted by Crippen LogP contribution is -2.37. The van der Waals surface area contributed by atoms with Gasteiger partial charge in [-0.3, -0.25) is 4.79 Å². The lowest BCUT2D eigenvalue weighted by molar-refractivity contribution is -0.116. The Hall–Kier alpha value is -3.07. The molecular weight excluding hydrogens is 464 g/mol. The summed E-state index contributed by atoms with van der Waals surface area (Å²) in [5.41, 5.74) is 2.13. The fourth-order valence-electron chi connectivity index (χ4n) is 3.26. The Morgan fingerprint density at radius 1 is 1.00 bits per heavy atom. The number of ether oxygens (including phenoxy) is 2. The fourth-order valence-corrected chi connectivity index (χ4v) is 4.77. The van der Waals surface area contributed by atoms with Crippen molar-refractivity contribution in [2.75, 3.05) is 26.1 Å². The van der Waals surface area contributed by atoms with E-state index in [1.807, 2.05) is 31.2 Å². The number of amides is 1. The number of benzene rings is 3. The summed E-state index contributed by atoms with van der Waals surface area (Å²) in [7, 11) is -0.999. The Bertz CT molecular complexity index is 1230. The number of halogens is 1. The molecular formula is C24H25ClN2O5S. The van der Waals surface area contributed by atoms with Crippen LogP contribution in [0, 0.1) is 6.92 Å². The van der Waals surface area contributed by atoms with E-state index in [0.29, 0.717) is 22.2 Å². The summed E-state index contributed by atoms with van der Waals surface area (Å²) in [6.45, 7) is 1.54. The van der Waals surface area contributed by atoms with Crippen molar-refractivity contribution in [2.45, 2.75) is 18.4 Å². The van der Waals surface area contributed by atoms with Crippen molar-refractivity contribution in [3.8, 4) is 11.5 Å². The molecule has 0 atom stereocenters. The lowest BCUT2D eigenvalue weighted by Gasteiger charge is -2.22. The number of carbonyl (C=O) groups excluding carboxylic acids is 1. The zero-order valence-electron chi connectivity index (χ0n) is 18.5. The van der Waals surface area contributed by atoms with Gasteiger partial charge in [0.15, 0.2) is 0 Å². The summed E-state index contributed by atoms with van der Waals surface area (Å²) in [6.07, 6.45) is 0. The third-order valence-corrected chi connectivity index (χ3v) is 6.95. The summed E-state index contributed by atoms with van der Waals surface area (Å²) in [6, 6.07) is 18.3. The first-order chi connectivity index (χ1) is 15.7. The molecule has 0 aliphatic rings. The van der Waals surface area contributed by atoms with Crippen molar-refractivity contribution in [3.63, 3.8) is 0 Å². The quantitative estimate of drug-likeness (QED) is 0.479. The molecule has 0 bridgehead atoms. The largest absolute Gasteiger partial charge is 0.497 e. The van der Waals surface area contributed by atoms with E-state index in [-0.39, 0.29) is 11.4 Å². The second-order valence-electron chi connectivity index (χ2n) is 7.33. The number of nitrogens with one attached hydrogen (secondary N) is 1. The molecule has 7 nitrogen and oxygen atoms in total. The molecule has 0 unspecified atom stereocenters. The van der Waals surface area contributed by atoms with Crippen molar-refractivity contribution in [3.05, 3.63) is 82.9 Å². The molecule has 9 heteroatoms. The molecule has 174 valence electrons. The van der Waals surface area contributed by atoms with Crippen LogP contribution in [-0.4, -0.2) is 39.4 Å². The van der Waals surface area contributed by atoms with Gasteiger partial charge < -0.3 is 14.8 Å². The summed E-state index contributed by atoms with van der Waals surface area (Å²) in [5.74, 6) is 0.429. The van der Waals surface area contributed by atoms with E-state index < -0.39 is 22.5 Å². The number of anilines is 1. The molecule has 0 radical (unpaired) electrons. The van der Waals surface area contributed by atoms with Gasteiger partial charge in [0, 0.05) is 17.6 Å². The smallest absolute Gasteiger partial charge is 0.243 e. The van der Waals surface area contributed by atoms with E-state index in [1.165, 1.54) is 38.5 Å². The van der Waals surface area contributed by atoms with Crippen molar-refractivity contribution >= 4 is 33.2 Å². The number of aryl methyl sites for hydroxylation is 1. The number of nitrogens with zero attached hydrogens (tertiary/aromatic N) is 1. The van der Waals surface area contributed by atoms with Crippen LogP contribution >= 0.6 is 11.6 Å². The molecule has 0 saturated carbocycles. The predicted molar refractivity (Wildman–Crippen MR) is 128 cm³/mol. The molecule has 3 aromatic rings. The van der Waals surface area contributed by atoms with Gasteiger partial charge >= 0.3 is 0 Å². The van der Waals surface area contributed by atoms with Crippen molar-refractivity contribution in [1.29, 1.82) is 0 Å². The van der Waals surface area contributed by atoms with Crippen LogP contribution in [0.15, 0.2) is 71.6 Å². The highest BCUT2D eigenvalue weighted by Gasteiger charge is 2.27. The Labute approximate surface area is 198 Å². The molecule has 3 rings (SSSR count). The maximum absolute atomic E-state index is 13.4. The van der Waals surface area contributed by atoms with Crippen LogP contribution in [0.5, 0.6) is 11.5 Å². The molecule has 0 aliphatic carbocycles. The monoisotopic (exact) mass is 488 g/mol. The first-order valence-electron chi connectivity index (χ1n) is 10.1. The van der Waals surface area contributed by atoms with Gasteiger partial charge in [-0.25, -0.2) is 8.42 Å². The SMILES string of the molecule is COc1ccc(OC)c(NC(=O)CN(Cc2cccc(C)c2)S(=O)(=O)c2ccc(Cl)cc2)c1. The highest BCUT2D eigenvalue weighted by molar-refractivity contribution is 7.89. The van der Waals surface area contributed by atoms with Crippen LogP contribution < -0.4 is 14.8 Å². The Morgan fingerprint density at radius 3 is 2.36 bits per heavy atom. The van der Waals surface area contributed by atoms with Crippen molar-refractivity contribution in [2.24, 2.45) is 0 Å². The van der Waals surface area contributed by atoms with E-state index in [2.05, 4.69) is 5.32 Å². The minimum absolute atomic E-state index is 0.0231. The van der Waals surface area contributed by atoms with Crippen molar-refractivity contribution in [1.82, 2.24) is 4.31 Å². The average molecular weight is 489 g/mol. The van der Waals surface area contributed by atoms with Gasteiger partial charge in [-0.1, -0.05) is 41.4 Å². The van der Waals surface area contributed by atoms with Gasteiger partial charge in [0.25, 0.3) is 0 Å². The predicted octanol–water partition coefficient (Wildman–Crippen LogP) is 4.50. The summed E-state index contributed by atoms with van der Waals surface area (Å²) in [4.78, 5) is 13.0. The van der Waals surface area contributed by atoms with Gasteiger partial charge in [-0.2, -0.15) is 4.31 Å². The van der Waals surface area contributed by atoms with Gasteiger partial charge in [0.1, 0.15) is 11.5 Å². The van der Waals surface area contributed by atoms with Crippen molar-refractivity contribution < 1.29 is 22.7 Å². The van der Waals surface area contributed by atoms with Gasteiger partial charge in [0.2, 0.25) is 15.9 Å². The maximum atomic E-state index is 13.4. The number of hydrogen-bond donors (Lipinski definition) is 1. The van der Waals surface area contributed by atoms with E-state index in [0.717, 1.165) is 15.4 Å². The van der Waals surface area contributed by atoms with E-state index in [4.69, 9.17) is 21.1 Å². The third kappa shape index (κ3) is 6.25. The third-order valence-electron chi connectivity index (χ3n) is 4.89. The summed E-state index contributed by atoms with van der Waals surface area (Å²) >= 11 is 5.92. The van der Waals surface area contributed by atoms with E-state index in [1.54, 1.807) is 18.2 Å². The fraction of sp³-hybridized carbons (Fsp3) is 0.208. The molecule has 0 spiro atoms. The molecule has 0 saturated heterocycles. The van der Waals surface area contributed by atoms with Crippen LogP contribution in [0.1, 0.15) is 11.1 Å². The number of hydrogen-bond acceptors (Lipinski definition) is 5. The minimum Gasteiger partial charge on any atom is -0.497 e. The van der Waals surface area contributed by atoms with Crippen LogP contribution in [-0.2, 0) is 21.4 Å². The first-order valence-corrected chi connectivity index (χ1v) is 11.9. The normalized spacial score (nSPS) is 11.3. The van der Waals surface area contributed by atoms with Gasteiger partial charge in [-0.15, -0.1) is 0 Å². The molecule has 0 aromatic heterocycles. The second-order valence-corrected chi connectivity index (χ2v) is 9.70. The van der Waals surface area contributed by atoms with Gasteiger partial charge in [-0.05, 0) is 48.9 Å². The van der Waals surface area contributed by atoms with E-state index in [9.17, 15) is 13.2 Å². The Kier molecular flexibility index (Phi) is 7.97. The highest BCUT2D eigenvalue weighted by atomic mass is 35.5. The second kappa shape index (κ2) is 10.7. The lowest BCUT2D eigenvalue weighted by atomic mass is 10.1. The standard InChI is InChI=1S/C24H25ClN2O5S/c1-17-5-4-6-18(13-17)15-27(33(29,30)21-10-7-19(25)8-11-21)16-24(28)26-22-14-20(31-2)9-12-23(22)32-3/h4-14H,15-16H2,1-3H3,(H,26,28). The van der Waals surface area contributed by atoms with Crippen LogP contribution in [0.2, 0.25) is 5.02 Å². The zero-order chi connectivity index (χ0) is 24.0. The number of methoxy groups -OCH3 is 2.